The Morgan fingerprint density at radius 1 is 1.05 bits per heavy atom. The number of halogens is 2. The number of rotatable bonds is 4. The van der Waals surface area contributed by atoms with Crippen LogP contribution < -0.4 is 5.32 Å². The number of nitrogens with zero attached hydrogens (tertiary/aromatic N) is 1. The Balaban J connectivity index is 2.22. The number of benzene rings is 1. The van der Waals surface area contributed by atoms with Gasteiger partial charge in [0.2, 0.25) is 0 Å². The fourth-order valence-corrected chi connectivity index (χ4v) is 2.65. The van der Waals surface area contributed by atoms with Crippen LogP contribution in [-0.4, -0.2) is 5.16 Å². The molecule has 1 heterocycles. The Morgan fingerprint density at radius 3 is 2.29 bits per heavy atom. The van der Waals surface area contributed by atoms with E-state index >= 15 is 0 Å². The summed E-state index contributed by atoms with van der Waals surface area (Å²) in [4.78, 5) is 0. The van der Waals surface area contributed by atoms with Crippen LogP contribution in [0.2, 0.25) is 0 Å². The largest absolute Gasteiger partial charge is 0.361 e. The number of aryl methyl sites for hydroxylation is 3. The summed E-state index contributed by atoms with van der Waals surface area (Å²) in [6.07, 6.45) is 0. The highest BCUT2D eigenvalue weighted by Crippen LogP contribution is 2.26. The van der Waals surface area contributed by atoms with Crippen LogP contribution in [0.15, 0.2) is 16.7 Å². The lowest BCUT2D eigenvalue weighted by molar-refractivity contribution is 0.389. The van der Waals surface area contributed by atoms with Crippen molar-refractivity contribution in [1.29, 1.82) is 0 Å². The molecular formula is C16H20F2N2O. The monoisotopic (exact) mass is 294 g/mol. The third-order valence-corrected chi connectivity index (χ3v) is 3.77. The van der Waals surface area contributed by atoms with Gasteiger partial charge in [0.25, 0.3) is 0 Å². The summed E-state index contributed by atoms with van der Waals surface area (Å²) in [5.74, 6) is -0.0693. The fourth-order valence-electron chi connectivity index (χ4n) is 2.65. The minimum absolute atomic E-state index is 0.0741. The molecule has 2 atom stereocenters. The van der Waals surface area contributed by atoms with Gasteiger partial charge in [-0.05, 0) is 52.3 Å². The highest BCUT2D eigenvalue weighted by Gasteiger charge is 2.20. The van der Waals surface area contributed by atoms with Gasteiger partial charge < -0.3 is 9.84 Å². The summed E-state index contributed by atoms with van der Waals surface area (Å²) in [5, 5.41) is 7.17. The third-order valence-electron chi connectivity index (χ3n) is 3.77. The molecule has 3 nitrogen and oxygen atoms in total. The van der Waals surface area contributed by atoms with Crippen LogP contribution in [0.5, 0.6) is 0 Å². The van der Waals surface area contributed by atoms with Crippen LogP contribution in [0.25, 0.3) is 0 Å². The van der Waals surface area contributed by atoms with Crippen molar-refractivity contribution >= 4 is 0 Å². The van der Waals surface area contributed by atoms with Crippen LogP contribution in [0.1, 0.15) is 54.1 Å². The van der Waals surface area contributed by atoms with Crippen LogP contribution >= 0.6 is 0 Å². The highest BCUT2D eigenvalue weighted by molar-refractivity contribution is 5.29. The molecule has 5 heteroatoms. The molecule has 2 rings (SSSR count). The maximum atomic E-state index is 14.0. The Morgan fingerprint density at radius 2 is 1.71 bits per heavy atom. The lowest BCUT2D eigenvalue weighted by Gasteiger charge is -2.21. The molecule has 0 aliphatic heterocycles. The summed E-state index contributed by atoms with van der Waals surface area (Å²) >= 11 is 0. The minimum atomic E-state index is -0.403. The maximum Gasteiger partial charge on any atom is 0.138 e. The van der Waals surface area contributed by atoms with E-state index in [0.29, 0.717) is 11.1 Å². The lowest BCUT2D eigenvalue weighted by atomic mass is 10.0. The van der Waals surface area contributed by atoms with Crippen molar-refractivity contribution in [2.24, 2.45) is 0 Å². The zero-order valence-electron chi connectivity index (χ0n) is 12.9. The minimum Gasteiger partial charge on any atom is -0.361 e. The third kappa shape index (κ3) is 3.13. The number of hydrogen-bond acceptors (Lipinski definition) is 3. The van der Waals surface area contributed by atoms with Gasteiger partial charge >= 0.3 is 0 Å². The van der Waals surface area contributed by atoms with E-state index in [-0.39, 0.29) is 12.1 Å². The summed E-state index contributed by atoms with van der Waals surface area (Å²) < 4.78 is 32.8. The topological polar surface area (TPSA) is 38.1 Å². The van der Waals surface area contributed by atoms with E-state index < -0.39 is 11.6 Å². The lowest BCUT2D eigenvalue weighted by Crippen LogP contribution is -2.24. The van der Waals surface area contributed by atoms with Crippen LogP contribution in [0, 0.1) is 32.4 Å². The second kappa shape index (κ2) is 5.93. The second-order valence-corrected chi connectivity index (χ2v) is 5.47. The molecule has 0 radical (unpaired) electrons. The Hall–Kier alpha value is -1.75. The van der Waals surface area contributed by atoms with E-state index in [9.17, 15) is 8.78 Å². The summed E-state index contributed by atoms with van der Waals surface area (Å²) in [6, 6.07) is 2.07. The van der Waals surface area contributed by atoms with Crippen molar-refractivity contribution in [3.8, 4) is 0 Å². The molecule has 0 aliphatic rings. The van der Waals surface area contributed by atoms with Crippen molar-refractivity contribution in [1.82, 2.24) is 10.5 Å². The van der Waals surface area contributed by atoms with E-state index in [4.69, 9.17) is 4.52 Å². The first kappa shape index (κ1) is 15.6. The molecule has 21 heavy (non-hydrogen) atoms. The van der Waals surface area contributed by atoms with Gasteiger partial charge in [0, 0.05) is 23.2 Å². The number of aromatic nitrogens is 1. The van der Waals surface area contributed by atoms with Gasteiger partial charge in [0.1, 0.15) is 17.4 Å². The highest BCUT2D eigenvalue weighted by atomic mass is 19.1. The Kier molecular flexibility index (Phi) is 4.42. The van der Waals surface area contributed by atoms with Crippen molar-refractivity contribution in [3.63, 3.8) is 0 Å². The molecule has 0 saturated carbocycles. The van der Waals surface area contributed by atoms with Crippen molar-refractivity contribution in [2.75, 3.05) is 0 Å². The van der Waals surface area contributed by atoms with Gasteiger partial charge in [-0.15, -0.1) is 0 Å². The van der Waals surface area contributed by atoms with Gasteiger partial charge in [0.05, 0.1) is 5.69 Å². The normalized spacial score (nSPS) is 14.2. The summed E-state index contributed by atoms with van der Waals surface area (Å²) in [6.45, 7) is 9.01. The molecule has 1 aromatic heterocycles. The van der Waals surface area contributed by atoms with Crippen molar-refractivity contribution < 1.29 is 13.3 Å². The summed E-state index contributed by atoms with van der Waals surface area (Å²) in [5.41, 5.74) is 2.38. The maximum absolute atomic E-state index is 14.0. The van der Waals surface area contributed by atoms with Crippen LogP contribution in [0.3, 0.4) is 0 Å². The SMILES string of the molecule is Cc1cc(F)c(C(C)NC(C)c2c(C)noc2C)cc1F. The number of hydrogen-bond donors (Lipinski definition) is 1. The van der Waals surface area contributed by atoms with Crippen LogP contribution in [-0.2, 0) is 0 Å². The molecular weight excluding hydrogens is 274 g/mol. The molecule has 0 aliphatic carbocycles. The smallest absolute Gasteiger partial charge is 0.138 e. The van der Waals surface area contributed by atoms with Crippen LogP contribution in [0.4, 0.5) is 8.78 Å². The predicted molar refractivity (Wildman–Crippen MR) is 77.0 cm³/mol. The first-order chi connectivity index (χ1) is 9.81. The average molecular weight is 294 g/mol. The van der Waals surface area contributed by atoms with Crippen molar-refractivity contribution in [2.45, 2.75) is 46.7 Å². The van der Waals surface area contributed by atoms with Gasteiger partial charge in [-0.3, -0.25) is 0 Å². The standard InChI is InChI=1S/C16H20F2N2O/c1-8-6-15(18)13(7-14(8)17)9(2)19-10(3)16-11(4)20-21-12(16)5/h6-7,9-10,19H,1-5H3. The van der Waals surface area contributed by atoms with E-state index in [1.807, 2.05) is 27.7 Å². The van der Waals surface area contributed by atoms with E-state index in [2.05, 4.69) is 10.5 Å². The molecule has 2 unspecified atom stereocenters. The van der Waals surface area contributed by atoms with Gasteiger partial charge in [0.15, 0.2) is 0 Å². The molecule has 0 saturated heterocycles. The molecule has 2 aromatic rings. The first-order valence-corrected chi connectivity index (χ1v) is 6.95. The Bertz CT molecular complexity index is 632. The molecule has 1 aromatic carbocycles. The van der Waals surface area contributed by atoms with Crippen molar-refractivity contribution in [3.05, 3.63) is 51.9 Å². The first-order valence-electron chi connectivity index (χ1n) is 6.95. The van der Waals surface area contributed by atoms with Gasteiger partial charge in [-0.25, -0.2) is 8.78 Å². The molecule has 0 fully saturated rings. The Labute approximate surface area is 123 Å². The molecule has 0 bridgehead atoms. The van der Waals surface area contributed by atoms with E-state index in [1.165, 1.54) is 12.1 Å². The fraction of sp³-hybridized carbons (Fsp3) is 0.438. The zero-order chi connectivity index (χ0) is 15.7. The molecule has 0 spiro atoms. The number of nitrogens with one attached hydrogen (secondary N) is 1. The predicted octanol–water partition coefficient (Wildman–Crippen LogP) is 4.29. The van der Waals surface area contributed by atoms with Gasteiger partial charge in [-0.2, -0.15) is 0 Å². The second-order valence-electron chi connectivity index (χ2n) is 5.47. The average Bonchev–Trinajstić information content (AvgIpc) is 2.73. The summed E-state index contributed by atoms with van der Waals surface area (Å²) in [7, 11) is 0. The molecule has 114 valence electrons. The van der Waals surface area contributed by atoms with E-state index in [0.717, 1.165) is 17.0 Å². The quantitative estimate of drug-likeness (QED) is 0.914. The zero-order valence-corrected chi connectivity index (χ0v) is 12.9. The van der Waals surface area contributed by atoms with E-state index in [1.54, 1.807) is 6.92 Å². The molecule has 1 N–H and O–H groups in total. The van der Waals surface area contributed by atoms with Gasteiger partial charge in [-0.1, -0.05) is 5.16 Å². The molecule has 0 amide bonds.